The number of halogens is 2. The number of hydrogen-bond donors (Lipinski definition) is 1. The van der Waals surface area contributed by atoms with Gasteiger partial charge in [-0.1, -0.05) is 60.1 Å². The summed E-state index contributed by atoms with van der Waals surface area (Å²) in [5.41, 5.74) is 3.09. The molecule has 1 saturated heterocycles. The summed E-state index contributed by atoms with van der Waals surface area (Å²) in [5, 5.41) is 3.87. The van der Waals surface area contributed by atoms with Crippen LogP contribution in [0.1, 0.15) is 30.9 Å². The SMILES string of the molecule is C[C@H](CN(SCc1ccccc1)c1cccc(F)c1)N1CCC(NC(=O)Cc2ccc(Cl)cc2)CC1. The lowest BCUT2D eigenvalue weighted by atomic mass is 10.0. The van der Waals surface area contributed by atoms with Crippen LogP contribution in [-0.4, -0.2) is 42.5 Å². The Balaban J connectivity index is 1.29. The van der Waals surface area contributed by atoms with Gasteiger partial charge < -0.3 is 9.62 Å². The number of hydrogen-bond acceptors (Lipinski definition) is 4. The van der Waals surface area contributed by atoms with Crippen LogP contribution in [0.25, 0.3) is 0 Å². The van der Waals surface area contributed by atoms with E-state index < -0.39 is 0 Å². The van der Waals surface area contributed by atoms with Crippen molar-refractivity contribution in [2.45, 2.75) is 44.0 Å². The van der Waals surface area contributed by atoms with E-state index in [1.54, 1.807) is 24.1 Å². The minimum atomic E-state index is -0.222. The molecule has 4 rings (SSSR count). The molecule has 1 fully saturated rings. The highest BCUT2D eigenvalue weighted by Crippen LogP contribution is 2.27. The number of nitrogens with one attached hydrogen (secondary N) is 1. The molecule has 1 heterocycles. The van der Waals surface area contributed by atoms with Crippen LogP contribution in [0.3, 0.4) is 0 Å². The highest BCUT2D eigenvalue weighted by molar-refractivity contribution is 7.99. The Bertz CT molecular complexity index is 1110. The number of amides is 1. The molecule has 0 radical (unpaired) electrons. The van der Waals surface area contributed by atoms with Crippen molar-refractivity contribution < 1.29 is 9.18 Å². The fourth-order valence-corrected chi connectivity index (χ4v) is 5.70. The molecule has 0 aliphatic carbocycles. The second-order valence-corrected chi connectivity index (χ2v) is 10.8. The van der Waals surface area contributed by atoms with E-state index in [0.29, 0.717) is 17.5 Å². The smallest absolute Gasteiger partial charge is 0.224 e. The van der Waals surface area contributed by atoms with Gasteiger partial charge in [0, 0.05) is 48.2 Å². The Morgan fingerprint density at radius 3 is 2.47 bits per heavy atom. The van der Waals surface area contributed by atoms with Crippen molar-refractivity contribution in [2.75, 3.05) is 23.9 Å². The third-order valence-electron chi connectivity index (χ3n) is 6.55. The van der Waals surface area contributed by atoms with Gasteiger partial charge in [-0.2, -0.15) is 0 Å². The number of benzene rings is 3. The predicted octanol–water partition coefficient (Wildman–Crippen LogP) is 6.35. The van der Waals surface area contributed by atoms with Crippen molar-refractivity contribution in [1.82, 2.24) is 10.2 Å². The fraction of sp³-hybridized carbons (Fsp3) is 0.345. The summed E-state index contributed by atoms with van der Waals surface area (Å²) in [6.45, 7) is 4.87. The minimum absolute atomic E-state index is 0.0541. The maximum atomic E-state index is 14.0. The lowest BCUT2D eigenvalue weighted by Crippen LogP contribution is -2.49. The van der Waals surface area contributed by atoms with Gasteiger partial charge in [-0.25, -0.2) is 4.39 Å². The van der Waals surface area contributed by atoms with Gasteiger partial charge in [-0.05, 0) is 73.2 Å². The van der Waals surface area contributed by atoms with E-state index in [4.69, 9.17) is 11.6 Å². The van der Waals surface area contributed by atoms with Gasteiger partial charge in [-0.15, -0.1) is 0 Å². The molecule has 190 valence electrons. The molecule has 0 spiro atoms. The van der Waals surface area contributed by atoms with Crippen molar-refractivity contribution in [3.8, 4) is 0 Å². The van der Waals surface area contributed by atoms with E-state index in [9.17, 15) is 9.18 Å². The molecular formula is C29H33ClFN3OS. The molecule has 1 N–H and O–H groups in total. The lowest BCUT2D eigenvalue weighted by molar-refractivity contribution is -0.121. The summed E-state index contributed by atoms with van der Waals surface area (Å²) in [6.07, 6.45) is 2.22. The Hall–Kier alpha value is -2.54. The first kappa shape index (κ1) is 26.5. The molecule has 36 heavy (non-hydrogen) atoms. The summed E-state index contributed by atoms with van der Waals surface area (Å²) >= 11 is 7.65. The summed E-state index contributed by atoms with van der Waals surface area (Å²) in [4.78, 5) is 15.0. The average molecular weight is 526 g/mol. The maximum absolute atomic E-state index is 14.0. The molecule has 1 amide bonds. The van der Waals surface area contributed by atoms with Crippen molar-refractivity contribution in [3.05, 3.63) is 101 Å². The highest BCUT2D eigenvalue weighted by atomic mass is 35.5. The second kappa shape index (κ2) is 13.1. The van der Waals surface area contributed by atoms with Crippen molar-refractivity contribution in [1.29, 1.82) is 0 Å². The van der Waals surface area contributed by atoms with Crippen LogP contribution in [0.15, 0.2) is 78.9 Å². The van der Waals surface area contributed by atoms with Gasteiger partial charge in [0.05, 0.1) is 6.42 Å². The Morgan fingerprint density at radius 1 is 1.06 bits per heavy atom. The van der Waals surface area contributed by atoms with Crippen LogP contribution in [0.2, 0.25) is 5.02 Å². The minimum Gasteiger partial charge on any atom is -0.353 e. The van der Waals surface area contributed by atoms with Crippen LogP contribution in [0.4, 0.5) is 10.1 Å². The molecule has 1 atom stereocenters. The molecule has 0 unspecified atom stereocenters. The van der Waals surface area contributed by atoms with E-state index >= 15 is 0 Å². The van der Waals surface area contributed by atoms with Crippen LogP contribution in [0, 0.1) is 5.82 Å². The molecule has 0 bridgehead atoms. The first-order valence-electron chi connectivity index (χ1n) is 12.4. The third kappa shape index (κ3) is 7.99. The number of likely N-dealkylation sites (tertiary alicyclic amines) is 1. The highest BCUT2D eigenvalue weighted by Gasteiger charge is 2.25. The van der Waals surface area contributed by atoms with Crippen LogP contribution >= 0.6 is 23.5 Å². The molecule has 0 saturated carbocycles. The van der Waals surface area contributed by atoms with Crippen molar-refractivity contribution >= 4 is 35.1 Å². The van der Waals surface area contributed by atoms with Crippen LogP contribution in [0.5, 0.6) is 0 Å². The Labute approximate surface area is 223 Å². The van der Waals surface area contributed by atoms with E-state index in [1.807, 2.05) is 48.5 Å². The number of rotatable bonds is 10. The molecule has 3 aromatic rings. The zero-order chi connectivity index (χ0) is 25.3. The van der Waals surface area contributed by atoms with Gasteiger partial charge in [0.1, 0.15) is 5.82 Å². The van der Waals surface area contributed by atoms with Gasteiger partial charge in [0.2, 0.25) is 5.91 Å². The monoisotopic (exact) mass is 525 g/mol. The third-order valence-corrected chi connectivity index (χ3v) is 7.94. The second-order valence-electron chi connectivity index (χ2n) is 9.33. The first-order chi connectivity index (χ1) is 17.5. The van der Waals surface area contributed by atoms with Crippen LogP contribution < -0.4 is 9.62 Å². The van der Waals surface area contributed by atoms with Gasteiger partial charge in [0.25, 0.3) is 0 Å². The zero-order valence-corrected chi connectivity index (χ0v) is 22.1. The van der Waals surface area contributed by atoms with Gasteiger partial charge in [0.15, 0.2) is 0 Å². The number of carbonyl (C=O) groups is 1. The maximum Gasteiger partial charge on any atom is 0.224 e. The molecule has 4 nitrogen and oxygen atoms in total. The summed E-state index contributed by atoms with van der Waals surface area (Å²) in [7, 11) is 0. The number of carbonyl (C=O) groups excluding carboxylic acids is 1. The topological polar surface area (TPSA) is 35.6 Å². The van der Waals surface area contributed by atoms with Crippen molar-refractivity contribution in [2.24, 2.45) is 0 Å². The van der Waals surface area contributed by atoms with Gasteiger partial charge in [-0.3, -0.25) is 9.69 Å². The van der Waals surface area contributed by atoms with Gasteiger partial charge >= 0.3 is 0 Å². The molecule has 1 aliphatic heterocycles. The molecule has 7 heteroatoms. The van der Waals surface area contributed by atoms with E-state index in [0.717, 1.165) is 49.5 Å². The van der Waals surface area contributed by atoms with E-state index in [-0.39, 0.29) is 17.8 Å². The summed E-state index contributed by atoms with van der Waals surface area (Å²) < 4.78 is 16.2. The Kier molecular flexibility index (Phi) is 9.67. The largest absolute Gasteiger partial charge is 0.353 e. The van der Waals surface area contributed by atoms with Crippen LogP contribution in [-0.2, 0) is 17.0 Å². The molecule has 1 aliphatic rings. The normalized spacial score (nSPS) is 15.4. The quantitative estimate of drug-likeness (QED) is 0.313. The zero-order valence-electron chi connectivity index (χ0n) is 20.6. The fourth-order valence-electron chi connectivity index (χ4n) is 4.50. The number of anilines is 1. The predicted molar refractivity (Wildman–Crippen MR) is 149 cm³/mol. The first-order valence-corrected chi connectivity index (χ1v) is 13.8. The Morgan fingerprint density at radius 2 is 1.78 bits per heavy atom. The van der Waals surface area contributed by atoms with E-state index in [1.165, 1.54) is 11.6 Å². The molecule has 3 aromatic carbocycles. The molecular weight excluding hydrogens is 493 g/mol. The number of piperidine rings is 1. The average Bonchev–Trinajstić information content (AvgIpc) is 2.89. The lowest BCUT2D eigenvalue weighted by Gasteiger charge is -2.38. The standard InChI is InChI=1S/C29H33ClFN3OS/c1-22(20-34(28-9-5-8-26(31)19-28)36-21-24-6-3-2-4-7-24)33-16-14-27(15-17-33)32-29(35)18-23-10-12-25(30)13-11-23/h2-13,19,22,27H,14-18,20-21H2,1H3,(H,32,35)/t22-/m1/s1. The molecule has 0 aromatic heterocycles. The van der Waals surface area contributed by atoms with Crippen molar-refractivity contribution in [3.63, 3.8) is 0 Å². The van der Waals surface area contributed by atoms with E-state index in [2.05, 4.69) is 33.6 Å². The number of nitrogens with zero attached hydrogens (tertiary/aromatic N) is 2. The summed E-state index contributed by atoms with van der Waals surface area (Å²) in [6, 6.07) is 25.1. The summed E-state index contributed by atoms with van der Waals surface area (Å²) in [5.74, 6) is 0.658.